The molecule has 0 unspecified atom stereocenters. The molecule has 0 bridgehead atoms. The summed E-state index contributed by atoms with van der Waals surface area (Å²) in [6, 6.07) is 21.1. The van der Waals surface area contributed by atoms with E-state index < -0.39 is 5.82 Å². The third kappa shape index (κ3) is 3.26. The van der Waals surface area contributed by atoms with Crippen molar-refractivity contribution in [3.05, 3.63) is 84.2 Å². The van der Waals surface area contributed by atoms with Crippen LogP contribution >= 0.6 is 0 Å². The summed E-state index contributed by atoms with van der Waals surface area (Å²) in [4.78, 5) is 0. The van der Waals surface area contributed by atoms with Gasteiger partial charge in [0.25, 0.3) is 0 Å². The molecule has 0 radical (unpaired) electrons. The number of hydrogen-bond acceptors (Lipinski definition) is 2. The van der Waals surface area contributed by atoms with E-state index in [-0.39, 0.29) is 11.5 Å². The molecule has 0 aromatic heterocycles. The van der Waals surface area contributed by atoms with Gasteiger partial charge in [-0.25, -0.2) is 4.39 Å². The molecule has 3 aromatic carbocycles. The van der Waals surface area contributed by atoms with E-state index in [2.05, 4.69) is 0 Å². The molecule has 0 atom stereocenters. The van der Waals surface area contributed by atoms with Crippen molar-refractivity contribution in [2.45, 2.75) is 6.61 Å². The van der Waals surface area contributed by atoms with Gasteiger partial charge < -0.3 is 9.84 Å². The third-order valence-electron chi connectivity index (χ3n) is 3.37. The maximum atomic E-state index is 14.1. The first-order chi connectivity index (χ1) is 10.7. The summed E-state index contributed by atoms with van der Waals surface area (Å²) in [5.41, 5.74) is 2.57. The quantitative estimate of drug-likeness (QED) is 0.750. The number of halogens is 1. The lowest BCUT2D eigenvalue weighted by Crippen LogP contribution is -1.97. The van der Waals surface area contributed by atoms with E-state index in [1.807, 2.05) is 30.3 Å². The SMILES string of the molecule is Oc1ccc(-c2ccc(OCc3ccccc3)c(F)c2)cc1. The van der Waals surface area contributed by atoms with Crippen LogP contribution in [-0.4, -0.2) is 5.11 Å². The third-order valence-corrected chi connectivity index (χ3v) is 3.37. The first-order valence-corrected chi connectivity index (χ1v) is 6.98. The van der Waals surface area contributed by atoms with Gasteiger partial charge >= 0.3 is 0 Å². The molecule has 0 aliphatic rings. The van der Waals surface area contributed by atoms with Gasteiger partial charge in [-0.3, -0.25) is 0 Å². The van der Waals surface area contributed by atoms with Crippen LogP contribution in [0, 0.1) is 5.82 Å². The number of phenols is 1. The second-order valence-electron chi connectivity index (χ2n) is 4.97. The fourth-order valence-electron chi connectivity index (χ4n) is 2.19. The highest BCUT2D eigenvalue weighted by Gasteiger charge is 2.07. The van der Waals surface area contributed by atoms with Crippen LogP contribution in [0.1, 0.15) is 5.56 Å². The number of aromatic hydroxyl groups is 1. The van der Waals surface area contributed by atoms with Gasteiger partial charge in [0, 0.05) is 0 Å². The van der Waals surface area contributed by atoms with Crippen molar-refractivity contribution in [1.29, 1.82) is 0 Å². The molecule has 0 saturated carbocycles. The second-order valence-corrected chi connectivity index (χ2v) is 4.97. The normalized spacial score (nSPS) is 10.4. The maximum Gasteiger partial charge on any atom is 0.165 e. The first-order valence-electron chi connectivity index (χ1n) is 6.98. The largest absolute Gasteiger partial charge is 0.508 e. The van der Waals surface area contributed by atoms with Crippen LogP contribution < -0.4 is 4.74 Å². The average molecular weight is 294 g/mol. The van der Waals surface area contributed by atoms with Gasteiger partial charge in [-0.05, 0) is 41.0 Å². The maximum absolute atomic E-state index is 14.1. The fraction of sp³-hybridized carbons (Fsp3) is 0.0526. The van der Waals surface area contributed by atoms with E-state index in [9.17, 15) is 9.50 Å². The molecular formula is C19H15FO2. The van der Waals surface area contributed by atoms with Gasteiger partial charge in [-0.1, -0.05) is 48.5 Å². The molecule has 0 amide bonds. The monoisotopic (exact) mass is 294 g/mol. The summed E-state index contributed by atoms with van der Waals surface area (Å²) in [7, 11) is 0. The Kier molecular flexibility index (Phi) is 4.05. The Bertz CT molecular complexity index is 752. The van der Waals surface area contributed by atoms with Crippen LogP contribution in [0.3, 0.4) is 0 Å². The Labute approximate surface area is 128 Å². The molecule has 0 fully saturated rings. The molecule has 3 heteroatoms. The lowest BCUT2D eigenvalue weighted by atomic mass is 10.1. The number of phenolic OH excluding ortho intramolecular Hbond substituents is 1. The van der Waals surface area contributed by atoms with Crippen LogP contribution in [-0.2, 0) is 6.61 Å². The summed E-state index contributed by atoms with van der Waals surface area (Å²) >= 11 is 0. The molecule has 1 N–H and O–H groups in total. The van der Waals surface area contributed by atoms with E-state index >= 15 is 0 Å². The van der Waals surface area contributed by atoms with Crippen molar-refractivity contribution in [3.8, 4) is 22.6 Å². The number of ether oxygens (including phenoxy) is 1. The summed E-state index contributed by atoms with van der Waals surface area (Å²) in [5, 5.41) is 9.29. The molecular weight excluding hydrogens is 279 g/mol. The molecule has 3 rings (SSSR count). The van der Waals surface area contributed by atoms with E-state index in [1.54, 1.807) is 36.4 Å². The van der Waals surface area contributed by atoms with Crippen molar-refractivity contribution >= 4 is 0 Å². The lowest BCUT2D eigenvalue weighted by molar-refractivity contribution is 0.290. The number of rotatable bonds is 4. The fourth-order valence-corrected chi connectivity index (χ4v) is 2.19. The van der Waals surface area contributed by atoms with Gasteiger partial charge in [0.1, 0.15) is 12.4 Å². The van der Waals surface area contributed by atoms with Crippen molar-refractivity contribution in [1.82, 2.24) is 0 Å². The Morgan fingerprint density at radius 3 is 2.18 bits per heavy atom. The zero-order valence-electron chi connectivity index (χ0n) is 11.9. The van der Waals surface area contributed by atoms with Crippen LogP contribution in [0.15, 0.2) is 72.8 Å². The zero-order chi connectivity index (χ0) is 15.4. The number of benzene rings is 3. The Balaban J connectivity index is 1.76. The van der Waals surface area contributed by atoms with Crippen molar-refractivity contribution < 1.29 is 14.2 Å². The van der Waals surface area contributed by atoms with Crippen molar-refractivity contribution in [2.75, 3.05) is 0 Å². The molecule has 0 aliphatic heterocycles. The highest BCUT2D eigenvalue weighted by atomic mass is 19.1. The second kappa shape index (κ2) is 6.31. The minimum Gasteiger partial charge on any atom is -0.508 e. The average Bonchev–Trinajstić information content (AvgIpc) is 2.55. The number of hydrogen-bond donors (Lipinski definition) is 1. The van der Waals surface area contributed by atoms with Gasteiger partial charge in [-0.15, -0.1) is 0 Å². The zero-order valence-corrected chi connectivity index (χ0v) is 11.9. The van der Waals surface area contributed by atoms with Gasteiger partial charge in [0.2, 0.25) is 0 Å². The summed E-state index contributed by atoms with van der Waals surface area (Å²) in [6.07, 6.45) is 0. The lowest BCUT2D eigenvalue weighted by Gasteiger charge is -2.09. The Hall–Kier alpha value is -2.81. The summed E-state index contributed by atoms with van der Waals surface area (Å²) in [5.74, 6) is 0.0138. The summed E-state index contributed by atoms with van der Waals surface area (Å²) in [6.45, 7) is 0.330. The smallest absolute Gasteiger partial charge is 0.165 e. The molecule has 0 spiro atoms. The molecule has 110 valence electrons. The predicted molar refractivity (Wildman–Crippen MR) is 84.3 cm³/mol. The van der Waals surface area contributed by atoms with E-state index in [0.29, 0.717) is 6.61 Å². The molecule has 0 aliphatic carbocycles. The topological polar surface area (TPSA) is 29.5 Å². The minimum absolute atomic E-state index is 0.187. The highest BCUT2D eigenvalue weighted by Crippen LogP contribution is 2.27. The van der Waals surface area contributed by atoms with Crippen LogP contribution in [0.2, 0.25) is 0 Å². The molecule has 0 saturated heterocycles. The van der Waals surface area contributed by atoms with E-state index in [4.69, 9.17) is 4.74 Å². The van der Waals surface area contributed by atoms with Crippen molar-refractivity contribution in [2.24, 2.45) is 0 Å². The Morgan fingerprint density at radius 2 is 1.50 bits per heavy atom. The molecule has 2 nitrogen and oxygen atoms in total. The molecule has 0 heterocycles. The molecule has 22 heavy (non-hydrogen) atoms. The standard InChI is InChI=1S/C19H15FO2/c20-18-12-16(15-6-9-17(21)10-7-15)8-11-19(18)22-13-14-4-2-1-3-5-14/h1-12,21H,13H2. The Morgan fingerprint density at radius 1 is 0.818 bits per heavy atom. The van der Waals surface area contributed by atoms with Crippen LogP contribution in [0.25, 0.3) is 11.1 Å². The van der Waals surface area contributed by atoms with Gasteiger partial charge in [-0.2, -0.15) is 0 Å². The predicted octanol–water partition coefficient (Wildman–Crippen LogP) is 4.78. The van der Waals surface area contributed by atoms with Crippen LogP contribution in [0.4, 0.5) is 4.39 Å². The van der Waals surface area contributed by atoms with Crippen molar-refractivity contribution in [3.63, 3.8) is 0 Å². The van der Waals surface area contributed by atoms with Gasteiger partial charge in [0.05, 0.1) is 0 Å². The van der Waals surface area contributed by atoms with E-state index in [0.717, 1.165) is 16.7 Å². The van der Waals surface area contributed by atoms with Gasteiger partial charge in [0.15, 0.2) is 11.6 Å². The first kappa shape index (κ1) is 14.1. The molecule has 3 aromatic rings. The summed E-state index contributed by atoms with van der Waals surface area (Å²) < 4.78 is 19.7. The minimum atomic E-state index is -0.401. The van der Waals surface area contributed by atoms with Crippen LogP contribution in [0.5, 0.6) is 11.5 Å². The highest BCUT2D eigenvalue weighted by molar-refractivity contribution is 5.65. The van der Waals surface area contributed by atoms with E-state index in [1.165, 1.54) is 6.07 Å².